The molecule has 2 unspecified atom stereocenters. The molecule has 0 radical (unpaired) electrons. The van der Waals surface area contributed by atoms with Gasteiger partial charge in [0.25, 0.3) is 0 Å². The van der Waals surface area contributed by atoms with Crippen LogP contribution in [0.3, 0.4) is 0 Å². The van der Waals surface area contributed by atoms with E-state index in [1.54, 1.807) is 0 Å². The first kappa shape index (κ1) is 14.8. The normalized spacial score (nSPS) is 30.8. The summed E-state index contributed by atoms with van der Waals surface area (Å²) in [5, 5.41) is 12.7. The molecule has 0 aromatic heterocycles. The van der Waals surface area contributed by atoms with Crippen LogP contribution >= 0.6 is 0 Å². The van der Waals surface area contributed by atoms with Crippen molar-refractivity contribution >= 4 is 5.91 Å². The molecule has 1 amide bonds. The molecule has 2 aliphatic carbocycles. The minimum atomic E-state index is -0.0648. The van der Waals surface area contributed by atoms with Gasteiger partial charge in [0.05, 0.1) is 6.61 Å². The number of aliphatic hydroxyl groups excluding tert-OH is 1. The zero-order chi connectivity index (χ0) is 13.7. The average molecular weight is 268 g/mol. The molecule has 2 atom stereocenters. The number of rotatable bonds is 4. The summed E-state index contributed by atoms with van der Waals surface area (Å²) in [6.45, 7) is 0.825. The summed E-state index contributed by atoms with van der Waals surface area (Å²) < 4.78 is 0. The first-order valence-electron chi connectivity index (χ1n) is 7.79. The molecule has 0 spiro atoms. The van der Waals surface area contributed by atoms with E-state index in [0.29, 0.717) is 6.54 Å². The van der Waals surface area contributed by atoms with Gasteiger partial charge in [-0.15, -0.1) is 0 Å². The number of amides is 1. The Morgan fingerprint density at radius 2 is 1.95 bits per heavy atom. The van der Waals surface area contributed by atoms with Gasteiger partial charge in [0.2, 0.25) is 5.91 Å². The van der Waals surface area contributed by atoms with E-state index in [1.165, 1.54) is 19.3 Å². The van der Waals surface area contributed by atoms with E-state index in [4.69, 9.17) is 5.73 Å². The Bertz CT molecular complexity index is 301. The second-order valence-electron chi connectivity index (χ2n) is 6.56. The molecule has 0 aromatic carbocycles. The lowest BCUT2D eigenvalue weighted by atomic mass is 9.74. The first-order valence-corrected chi connectivity index (χ1v) is 7.79. The number of nitrogens with two attached hydrogens (primary N) is 1. The van der Waals surface area contributed by atoms with Gasteiger partial charge in [-0.25, -0.2) is 0 Å². The lowest BCUT2D eigenvalue weighted by Gasteiger charge is -2.36. The fraction of sp³-hybridized carbons (Fsp3) is 0.933. The highest BCUT2D eigenvalue weighted by molar-refractivity contribution is 5.78. The fourth-order valence-corrected chi connectivity index (χ4v) is 3.58. The summed E-state index contributed by atoms with van der Waals surface area (Å²) in [4.78, 5) is 12.2. The van der Waals surface area contributed by atoms with Gasteiger partial charge in [-0.3, -0.25) is 4.79 Å². The third kappa shape index (κ3) is 3.93. The van der Waals surface area contributed by atoms with Crippen LogP contribution in [-0.4, -0.2) is 30.2 Å². The molecule has 4 heteroatoms. The fourth-order valence-electron chi connectivity index (χ4n) is 3.58. The molecule has 110 valence electrons. The van der Waals surface area contributed by atoms with Gasteiger partial charge in [0.15, 0.2) is 0 Å². The number of carbonyl (C=O) groups excluding carboxylic acids is 1. The molecule has 0 aromatic rings. The van der Waals surface area contributed by atoms with Crippen LogP contribution in [0.15, 0.2) is 0 Å². The molecule has 2 saturated carbocycles. The second-order valence-corrected chi connectivity index (χ2v) is 6.56. The van der Waals surface area contributed by atoms with Crippen LogP contribution in [0.25, 0.3) is 0 Å². The first-order chi connectivity index (χ1) is 9.15. The maximum atomic E-state index is 12.2. The molecule has 0 saturated heterocycles. The highest BCUT2D eigenvalue weighted by Crippen LogP contribution is 2.35. The number of hydrogen-bond acceptors (Lipinski definition) is 3. The molecule has 19 heavy (non-hydrogen) atoms. The Morgan fingerprint density at radius 1 is 1.21 bits per heavy atom. The zero-order valence-electron chi connectivity index (χ0n) is 11.9. The van der Waals surface area contributed by atoms with Crippen molar-refractivity contribution in [3.63, 3.8) is 0 Å². The Kier molecular flexibility index (Phi) is 5.22. The molecular formula is C15H28N2O2. The predicted octanol–water partition coefficient (Wildman–Crippen LogP) is 1.56. The topological polar surface area (TPSA) is 75.4 Å². The smallest absolute Gasteiger partial charge is 0.223 e. The van der Waals surface area contributed by atoms with Gasteiger partial charge in [-0.2, -0.15) is 0 Å². The van der Waals surface area contributed by atoms with Crippen LogP contribution in [0.2, 0.25) is 0 Å². The minimum absolute atomic E-state index is 0.0648. The van der Waals surface area contributed by atoms with Crippen molar-refractivity contribution in [2.24, 2.45) is 17.1 Å². The van der Waals surface area contributed by atoms with Gasteiger partial charge in [-0.1, -0.05) is 25.7 Å². The van der Waals surface area contributed by atoms with Crippen molar-refractivity contribution in [2.75, 3.05) is 13.2 Å². The molecule has 0 aliphatic heterocycles. The molecule has 2 aliphatic rings. The Labute approximate surface area is 116 Å². The van der Waals surface area contributed by atoms with Crippen LogP contribution in [0.4, 0.5) is 0 Å². The quantitative estimate of drug-likeness (QED) is 0.724. The van der Waals surface area contributed by atoms with Crippen LogP contribution in [0.1, 0.15) is 57.8 Å². The summed E-state index contributed by atoms with van der Waals surface area (Å²) >= 11 is 0. The SMILES string of the molecule is NC1CCCC(C(=O)NCC2(CO)CCCCC2)C1. The van der Waals surface area contributed by atoms with E-state index in [9.17, 15) is 9.90 Å². The lowest BCUT2D eigenvalue weighted by Crippen LogP contribution is -2.45. The van der Waals surface area contributed by atoms with Crippen molar-refractivity contribution in [1.29, 1.82) is 0 Å². The third-order valence-corrected chi connectivity index (χ3v) is 4.97. The monoisotopic (exact) mass is 268 g/mol. The number of hydrogen-bond donors (Lipinski definition) is 3. The van der Waals surface area contributed by atoms with Crippen LogP contribution < -0.4 is 11.1 Å². The lowest BCUT2D eigenvalue weighted by molar-refractivity contribution is -0.127. The van der Waals surface area contributed by atoms with Crippen LogP contribution in [-0.2, 0) is 4.79 Å². The Morgan fingerprint density at radius 3 is 2.58 bits per heavy atom. The van der Waals surface area contributed by atoms with Gasteiger partial charge in [-0.05, 0) is 32.1 Å². The van der Waals surface area contributed by atoms with Gasteiger partial charge < -0.3 is 16.2 Å². The van der Waals surface area contributed by atoms with Crippen LogP contribution in [0, 0.1) is 11.3 Å². The van der Waals surface area contributed by atoms with Crippen molar-refractivity contribution in [2.45, 2.75) is 63.8 Å². The van der Waals surface area contributed by atoms with Gasteiger partial charge in [0.1, 0.15) is 0 Å². The van der Waals surface area contributed by atoms with Crippen molar-refractivity contribution < 1.29 is 9.90 Å². The Hall–Kier alpha value is -0.610. The largest absolute Gasteiger partial charge is 0.396 e. The highest BCUT2D eigenvalue weighted by Gasteiger charge is 2.33. The van der Waals surface area contributed by atoms with E-state index in [0.717, 1.165) is 38.5 Å². The van der Waals surface area contributed by atoms with E-state index in [1.807, 2.05) is 0 Å². The van der Waals surface area contributed by atoms with Crippen LogP contribution in [0.5, 0.6) is 0 Å². The van der Waals surface area contributed by atoms with E-state index in [-0.39, 0.29) is 29.9 Å². The summed E-state index contributed by atoms with van der Waals surface area (Å²) in [6, 6.07) is 0.186. The molecular weight excluding hydrogens is 240 g/mol. The standard InChI is InChI=1S/C15H28N2O2/c16-13-6-4-5-12(9-13)14(19)17-10-15(11-18)7-2-1-3-8-15/h12-13,18H,1-11,16H2,(H,17,19). The third-order valence-electron chi connectivity index (χ3n) is 4.97. The number of nitrogens with one attached hydrogen (secondary N) is 1. The average Bonchev–Trinajstić information content (AvgIpc) is 2.46. The summed E-state index contributed by atoms with van der Waals surface area (Å²) in [7, 11) is 0. The molecule has 2 fully saturated rings. The maximum absolute atomic E-state index is 12.2. The second kappa shape index (κ2) is 6.71. The minimum Gasteiger partial charge on any atom is -0.396 e. The Balaban J connectivity index is 1.81. The predicted molar refractivity (Wildman–Crippen MR) is 75.5 cm³/mol. The molecule has 4 N–H and O–H groups in total. The van der Waals surface area contributed by atoms with Crippen molar-refractivity contribution in [3.05, 3.63) is 0 Å². The maximum Gasteiger partial charge on any atom is 0.223 e. The van der Waals surface area contributed by atoms with E-state index >= 15 is 0 Å². The number of carbonyl (C=O) groups is 1. The summed E-state index contributed by atoms with van der Waals surface area (Å²) in [5.41, 5.74) is 5.87. The molecule has 0 heterocycles. The molecule has 2 rings (SSSR count). The zero-order valence-corrected chi connectivity index (χ0v) is 11.9. The summed E-state index contributed by atoms with van der Waals surface area (Å²) in [6.07, 6.45) is 9.56. The molecule has 4 nitrogen and oxygen atoms in total. The van der Waals surface area contributed by atoms with E-state index in [2.05, 4.69) is 5.32 Å². The van der Waals surface area contributed by atoms with Gasteiger partial charge >= 0.3 is 0 Å². The number of aliphatic hydroxyl groups is 1. The van der Waals surface area contributed by atoms with Gasteiger partial charge in [0, 0.05) is 23.9 Å². The highest BCUT2D eigenvalue weighted by atomic mass is 16.3. The summed E-state index contributed by atoms with van der Waals surface area (Å²) in [5.74, 6) is 0.233. The van der Waals surface area contributed by atoms with Crippen molar-refractivity contribution in [3.8, 4) is 0 Å². The molecule has 0 bridgehead atoms. The van der Waals surface area contributed by atoms with Crippen molar-refractivity contribution in [1.82, 2.24) is 5.32 Å². The van der Waals surface area contributed by atoms with E-state index < -0.39 is 0 Å².